The average molecular weight is 321 g/mol. The molecule has 5 N–H and O–H groups in total. The van der Waals surface area contributed by atoms with E-state index in [2.05, 4.69) is 17.6 Å². The monoisotopic (exact) mass is 321 g/mol. The van der Waals surface area contributed by atoms with Crippen LogP contribution in [0.3, 0.4) is 0 Å². The Hall–Kier alpha value is -1.92. The average Bonchev–Trinajstić information content (AvgIpc) is 2.53. The van der Waals surface area contributed by atoms with Gasteiger partial charge in [-0.2, -0.15) is 0 Å². The molecule has 0 heterocycles. The quantitative estimate of drug-likeness (QED) is 0.299. The Bertz CT molecular complexity index is 477. The number of carbonyl (C=O) groups excluding carboxylic acids is 2. The van der Waals surface area contributed by atoms with Crippen LogP contribution in [0.5, 0.6) is 0 Å². The summed E-state index contributed by atoms with van der Waals surface area (Å²) in [4.78, 5) is 24.3. The number of aliphatic hydroxyl groups excluding tert-OH is 1. The van der Waals surface area contributed by atoms with E-state index in [1.807, 2.05) is 0 Å². The normalized spacial score (nSPS) is 13.2. The summed E-state index contributed by atoms with van der Waals surface area (Å²) < 4.78 is 0. The predicted molar refractivity (Wildman–Crippen MR) is 90.0 cm³/mol. The van der Waals surface area contributed by atoms with Crippen LogP contribution < -0.4 is 16.4 Å². The lowest BCUT2D eigenvalue weighted by molar-refractivity contribution is 0.0885. The number of hydrogen-bond donors (Lipinski definition) is 4. The molecule has 6 heteroatoms. The number of Topliss-reactive ketones (excluding diaryl/α,β-unsaturated/α-hetero) is 1. The lowest BCUT2D eigenvalue weighted by atomic mass is 10.0. The highest BCUT2D eigenvalue weighted by atomic mass is 16.3. The van der Waals surface area contributed by atoms with Gasteiger partial charge in [0.2, 0.25) is 0 Å². The van der Waals surface area contributed by atoms with Gasteiger partial charge < -0.3 is 21.5 Å². The molecule has 2 atom stereocenters. The summed E-state index contributed by atoms with van der Waals surface area (Å²) in [7, 11) is 0. The zero-order valence-corrected chi connectivity index (χ0v) is 13.6. The minimum Gasteiger partial charge on any atom is -0.379 e. The molecular formula is C17H27N3O3. The Morgan fingerprint density at radius 3 is 2.48 bits per heavy atom. The zero-order chi connectivity index (χ0) is 17.1. The van der Waals surface area contributed by atoms with Gasteiger partial charge in [-0.1, -0.05) is 56.5 Å². The number of rotatable bonds is 10. The second kappa shape index (κ2) is 10.7. The van der Waals surface area contributed by atoms with Gasteiger partial charge in [-0.3, -0.25) is 4.79 Å². The summed E-state index contributed by atoms with van der Waals surface area (Å²) >= 11 is 0. The van der Waals surface area contributed by atoms with Gasteiger partial charge in [0.05, 0.1) is 6.04 Å². The van der Waals surface area contributed by atoms with Crippen molar-refractivity contribution in [3.63, 3.8) is 0 Å². The van der Waals surface area contributed by atoms with E-state index in [1.54, 1.807) is 30.3 Å². The summed E-state index contributed by atoms with van der Waals surface area (Å²) in [6.45, 7) is 2.68. The topological polar surface area (TPSA) is 104 Å². The van der Waals surface area contributed by atoms with Crippen molar-refractivity contribution in [1.82, 2.24) is 10.6 Å². The first-order chi connectivity index (χ1) is 11.0. The lowest BCUT2D eigenvalue weighted by Gasteiger charge is -2.19. The minimum absolute atomic E-state index is 0.0308. The molecule has 1 aromatic rings. The van der Waals surface area contributed by atoms with Crippen molar-refractivity contribution in [2.45, 2.75) is 51.3 Å². The molecule has 128 valence electrons. The summed E-state index contributed by atoms with van der Waals surface area (Å²) in [5.74, 6) is -0.267. The van der Waals surface area contributed by atoms with Crippen molar-refractivity contribution < 1.29 is 14.7 Å². The third-order valence-corrected chi connectivity index (χ3v) is 3.47. The highest BCUT2D eigenvalue weighted by Crippen LogP contribution is 2.07. The molecule has 1 unspecified atom stereocenters. The molecule has 23 heavy (non-hydrogen) atoms. The number of nitrogens with two attached hydrogens (primary N) is 1. The standard InChI is InChI=1S/C17H27N3O3/c1-2-3-4-8-11-19-17(23)20-14(12-15(18)21)16(22)13-9-6-5-7-10-13/h5-7,9-10,14-15,21H,2-4,8,11-12,18H2,1H3,(H2,19,20,23)/t14-,15?/m1/s1. The van der Waals surface area contributed by atoms with Crippen molar-refractivity contribution in [1.29, 1.82) is 0 Å². The van der Waals surface area contributed by atoms with E-state index >= 15 is 0 Å². The van der Waals surface area contributed by atoms with Crippen LogP contribution in [0.15, 0.2) is 30.3 Å². The van der Waals surface area contributed by atoms with Gasteiger partial charge in [0.25, 0.3) is 0 Å². The van der Waals surface area contributed by atoms with E-state index in [0.717, 1.165) is 25.7 Å². The number of nitrogens with one attached hydrogen (secondary N) is 2. The van der Waals surface area contributed by atoms with E-state index < -0.39 is 18.3 Å². The maximum absolute atomic E-state index is 12.4. The molecule has 0 aromatic heterocycles. The van der Waals surface area contributed by atoms with E-state index in [1.165, 1.54) is 0 Å². The molecule has 0 radical (unpaired) electrons. The Labute approximate surface area is 137 Å². The van der Waals surface area contributed by atoms with Gasteiger partial charge >= 0.3 is 6.03 Å². The van der Waals surface area contributed by atoms with E-state index in [9.17, 15) is 14.7 Å². The number of aliphatic hydroxyl groups is 1. The number of benzene rings is 1. The molecule has 0 fully saturated rings. The largest absolute Gasteiger partial charge is 0.379 e. The van der Waals surface area contributed by atoms with E-state index in [0.29, 0.717) is 12.1 Å². The molecular weight excluding hydrogens is 294 g/mol. The van der Waals surface area contributed by atoms with Crippen molar-refractivity contribution >= 4 is 11.8 Å². The molecule has 0 aliphatic heterocycles. The van der Waals surface area contributed by atoms with Gasteiger partial charge in [-0.15, -0.1) is 0 Å². The third-order valence-electron chi connectivity index (χ3n) is 3.47. The number of carbonyl (C=O) groups is 2. The summed E-state index contributed by atoms with van der Waals surface area (Å²) in [5.41, 5.74) is 5.85. The van der Waals surface area contributed by atoms with Crippen molar-refractivity contribution in [2.75, 3.05) is 6.54 Å². The van der Waals surface area contributed by atoms with Crippen molar-refractivity contribution in [3.8, 4) is 0 Å². The Morgan fingerprint density at radius 2 is 1.87 bits per heavy atom. The maximum Gasteiger partial charge on any atom is 0.315 e. The molecule has 0 aliphatic carbocycles. The van der Waals surface area contributed by atoms with Crippen LogP contribution in [0.25, 0.3) is 0 Å². The first-order valence-corrected chi connectivity index (χ1v) is 8.11. The van der Waals surface area contributed by atoms with Crippen LogP contribution in [0.1, 0.15) is 49.4 Å². The Morgan fingerprint density at radius 1 is 1.17 bits per heavy atom. The minimum atomic E-state index is -1.17. The molecule has 0 spiro atoms. The van der Waals surface area contributed by atoms with Gasteiger partial charge in [0, 0.05) is 18.5 Å². The summed E-state index contributed by atoms with van der Waals surface area (Å²) in [5, 5.41) is 14.7. The molecule has 0 saturated heterocycles. The molecule has 1 aromatic carbocycles. The fourth-order valence-electron chi connectivity index (χ4n) is 2.24. The number of hydrogen-bond acceptors (Lipinski definition) is 4. The van der Waals surface area contributed by atoms with Gasteiger partial charge in [0.15, 0.2) is 5.78 Å². The number of urea groups is 1. The van der Waals surface area contributed by atoms with Crippen LogP contribution in [-0.2, 0) is 0 Å². The van der Waals surface area contributed by atoms with Crippen LogP contribution in [0.2, 0.25) is 0 Å². The SMILES string of the molecule is CCCCCCNC(=O)N[C@H](CC(N)O)C(=O)c1ccccc1. The molecule has 6 nitrogen and oxygen atoms in total. The second-order valence-electron chi connectivity index (χ2n) is 5.55. The Kier molecular flexibility index (Phi) is 8.94. The summed E-state index contributed by atoms with van der Waals surface area (Å²) in [6.07, 6.45) is 3.03. The van der Waals surface area contributed by atoms with Crippen LogP contribution in [-0.4, -0.2) is 35.7 Å². The van der Waals surface area contributed by atoms with Crippen LogP contribution in [0, 0.1) is 0 Å². The fraction of sp³-hybridized carbons (Fsp3) is 0.529. The lowest BCUT2D eigenvalue weighted by Crippen LogP contribution is -2.48. The number of amides is 2. The Balaban J connectivity index is 2.54. The van der Waals surface area contributed by atoms with Crippen molar-refractivity contribution in [2.24, 2.45) is 5.73 Å². The van der Waals surface area contributed by atoms with Crippen LogP contribution >= 0.6 is 0 Å². The molecule has 0 saturated carbocycles. The molecule has 2 amide bonds. The van der Waals surface area contributed by atoms with Crippen molar-refractivity contribution in [3.05, 3.63) is 35.9 Å². The van der Waals surface area contributed by atoms with E-state index in [-0.39, 0.29) is 12.2 Å². The van der Waals surface area contributed by atoms with E-state index in [4.69, 9.17) is 5.73 Å². The predicted octanol–water partition coefficient (Wildman–Crippen LogP) is 1.78. The molecule has 1 rings (SSSR count). The van der Waals surface area contributed by atoms with Crippen LogP contribution in [0.4, 0.5) is 4.79 Å². The highest BCUT2D eigenvalue weighted by molar-refractivity contribution is 6.01. The van der Waals surface area contributed by atoms with Gasteiger partial charge in [-0.25, -0.2) is 4.79 Å². The first-order valence-electron chi connectivity index (χ1n) is 8.11. The second-order valence-corrected chi connectivity index (χ2v) is 5.55. The van der Waals surface area contributed by atoms with Gasteiger partial charge in [0.1, 0.15) is 6.23 Å². The summed E-state index contributed by atoms with van der Waals surface area (Å²) in [6, 6.07) is 7.36. The number of ketones is 1. The third kappa shape index (κ3) is 7.76. The smallest absolute Gasteiger partial charge is 0.315 e. The molecule has 0 bridgehead atoms. The highest BCUT2D eigenvalue weighted by Gasteiger charge is 2.23. The maximum atomic E-state index is 12.4. The number of unbranched alkanes of at least 4 members (excludes halogenated alkanes) is 3. The fourth-order valence-corrected chi connectivity index (χ4v) is 2.24. The zero-order valence-electron chi connectivity index (χ0n) is 13.6. The first kappa shape index (κ1) is 19.1. The molecule has 0 aliphatic rings. The van der Waals surface area contributed by atoms with Gasteiger partial charge in [-0.05, 0) is 6.42 Å².